The van der Waals surface area contributed by atoms with Gasteiger partial charge in [-0.2, -0.15) is 18.3 Å². The van der Waals surface area contributed by atoms with Crippen LogP contribution in [0.1, 0.15) is 5.82 Å². The van der Waals surface area contributed by atoms with E-state index in [9.17, 15) is 21.6 Å². The van der Waals surface area contributed by atoms with Crippen molar-refractivity contribution in [1.29, 1.82) is 0 Å². The van der Waals surface area contributed by atoms with Gasteiger partial charge in [-0.15, -0.1) is 0 Å². The van der Waals surface area contributed by atoms with Crippen LogP contribution in [0.3, 0.4) is 0 Å². The SMILES string of the molecule is CN(C)S(=O)(=O)c1ccc(Nc2nc(C(F)(F)F)nc3[nH]ncc23)cc1. The first-order valence-corrected chi connectivity index (χ1v) is 8.61. The largest absolute Gasteiger partial charge is 0.451 e. The third-order valence-corrected chi connectivity index (χ3v) is 5.29. The number of alkyl halides is 3. The van der Waals surface area contributed by atoms with E-state index >= 15 is 0 Å². The number of anilines is 2. The molecule has 138 valence electrons. The van der Waals surface area contributed by atoms with Crippen LogP contribution in [0.25, 0.3) is 11.0 Å². The molecule has 2 heterocycles. The van der Waals surface area contributed by atoms with E-state index in [-0.39, 0.29) is 21.7 Å². The summed E-state index contributed by atoms with van der Waals surface area (Å²) in [6.07, 6.45) is -3.43. The van der Waals surface area contributed by atoms with E-state index in [0.29, 0.717) is 5.69 Å². The summed E-state index contributed by atoms with van der Waals surface area (Å²) in [6.45, 7) is 0. The van der Waals surface area contributed by atoms with E-state index in [1.165, 1.54) is 44.6 Å². The van der Waals surface area contributed by atoms with Crippen molar-refractivity contribution in [3.8, 4) is 0 Å². The van der Waals surface area contributed by atoms with Gasteiger partial charge in [-0.25, -0.2) is 22.7 Å². The molecule has 2 aromatic heterocycles. The Labute approximate surface area is 146 Å². The Kier molecular flexibility index (Phi) is 4.32. The first kappa shape index (κ1) is 18.1. The highest BCUT2D eigenvalue weighted by molar-refractivity contribution is 7.89. The van der Waals surface area contributed by atoms with Crippen LogP contribution in [-0.4, -0.2) is 47.0 Å². The topological polar surface area (TPSA) is 104 Å². The molecule has 0 bridgehead atoms. The summed E-state index contributed by atoms with van der Waals surface area (Å²) in [4.78, 5) is 6.96. The van der Waals surface area contributed by atoms with Gasteiger partial charge in [0, 0.05) is 19.8 Å². The van der Waals surface area contributed by atoms with Gasteiger partial charge in [0.1, 0.15) is 5.82 Å². The van der Waals surface area contributed by atoms with Gasteiger partial charge in [-0.3, -0.25) is 5.10 Å². The predicted octanol–water partition coefficient (Wildman–Crippen LogP) is 2.37. The number of nitrogens with one attached hydrogen (secondary N) is 2. The number of hydrogen-bond acceptors (Lipinski definition) is 6. The minimum atomic E-state index is -4.72. The predicted molar refractivity (Wildman–Crippen MR) is 87.3 cm³/mol. The van der Waals surface area contributed by atoms with Crippen LogP contribution in [0.15, 0.2) is 35.4 Å². The van der Waals surface area contributed by atoms with E-state index in [2.05, 4.69) is 25.5 Å². The lowest BCUT2D eigenvalue weighted by Gasteiger charge is -2.13. The van der Waals surface area contributed by atoms with Crippen molar-refractivity contribution in [1.82, 2.24) is 24.5 Å². The number of benzene rings is 1. The van der Waals surface area contributed by atoms with E-state index < -0.39 is 22.0 Å². The Morgan fingerprint density at radius 1 is 1.12 bits per heavy atom. The molecule has 0 atom stereocenters. The molecule has 3 aromatic rings. The maximum atomic E-state index is 12.9. The van der Waals surface area contributed by atoms with Gasteiger partial charge in [-0.1, -0.05) is 0 Å². The number of fused-ring (bicyclic) bond motifs is 1. The summed E-state index contributed by atoms with van der Waals surface area (Å²) in [5, 5.41) is 9.05. The van der Waals surface area contributed by atoms with Crippen molar-refractivity contribution in [3.05, 3.63) is 36.3 Å². The Morgan fingerprint density at radius 3 is 2.35 bits per heavy atom. The van der Waals surface area contributed by atoms with E-state index in [1.54, 1.807) is 0 Å². The fraction of sp³-hybridized carbons (Fsp3) is 0.214. The second kappa shape index (κ2) is 6.21. The number of sulfonamides is 1. The molecule has 26 heavy (non-hydrogen) atoms. The van der Waals surface area contributed by atoms with E-state index in [0.717, 1.165) is 4.31 Å². The molecule has 3 rings (SSSR count). The third-order valence-electron chi connectivity index (χ3n) is 3.46. The second-order valence-electron chi connectivity index (χ2n) is 5.46. The van der Waals surface area contributed by atoms with Gasteiger partial charge in [0.2, 0.25) is 15.8 Å². The first-order chi connectivity index (χ1) is 12.1. The number of aromatic amines is 1. The van der Waals surface area contributed by atoms with Gasteiger partial charge in [0.25, 0.3) is 0 Å². The van der Waals surface area contributed by atoms with Gasteiger partial charge >= 0.3 is 6.18 Å². The molecule has 0 aliphatic carbocycles. The summed E-state index contributed by atoms with van der Waals surface area (Å²) in [5.74, 6) is -1.41. The minimum absolute atomic E-state index is 0.0557. The monoisotopic (exact) mass is 386 g/mol. The zero-order chi connectivity index (χ0) is 19.1. The van der Waals surface area contributed by atoms with Gasteiger partial charge in [-0.05, 0) is 24.3 Å². The van der Waals surface area contributed by atoms with Crippen LogP contribution in [0.4, 0.5) is 24.7 Å². The Balaban J connectivity index is 1.98. The number of aromatic nitrogens is 4. The maximum absolute atomic E-state index is 12.9. The van der Waals surface area contributed by atoms with Gasteiger partial charge < -0.3 is 5.32 Å². The molecule has 0 saturated carbocycles. The Hall–Kier alpha value is -2.73. The third kappa shape index (κ3) is 3.32. The van der Waals surface area contributed by atoms with Crippen molar-refractivity contribution >= 4 is 32.6 Å². The van der Waals surface area contributed by atoms with Crippen molar-refractivity contribution < 1.29 is 21.6 Å². The summed E-state index contributed by atoms with van der Waals surface area (Å²) >= 11 is 0. The van der Waals surface area contributed by atoms with Crippen molar-refractivity contribution in [3.63, 3.8) is 0 Å². The molecule has 0 saturated heterocycles. The standard InChI is InChI=1S/C14H13F3N6O2S/c1-23(2)26(24,25)9-5-3-8(4-6-9)19-11-10-7-18-22-12(10)21-13(20-11)14(15,16)17/h3-7H,1-2H3,(H2,18,19,20,21,22). The summed E-state index contributed by atoms with van der Waals surface area (Å²) in [7, 11) is -0.803. The Morgan fingerprint density at radius 2 is 1.77 bits per heavy atom. The number of halogens is 3. The highest BCUT2D eigenvalue weighted by Gasteiger charge is 2.36. The highest BCUT2D eigenvalue weighted by atomic mass is 32.2. The minimum Gasteiger partial charge on any atom is -0.340 e. The summed E-state index contributed by atoms with van der Waals surface area (Å²) < 4.78 is 64.0. The van der Waals surface area contributed by atoms with Crippen LogP contribution in [0.2, 0.25) is 0 Å². The molecule has 8 nitrogen and oxygen atoms in total. The molecule has 0 unspecified atom stereocenters. The van der Waals surface area contributed by atoms with Crippen LogP contribution < -0.4 is 5.32 Å². The van der Waals surface area contributed by atoms with E-state index in [4.69, 9.17) is 0 Å². The first-order valence-electron chi connectivity index (χ1n) is 7.17. The van der Waals surface area contributed by atoms with Crippen LogP contribution >= 0.6 is 0 Å². The maximum Gasteiger partial charge on any atom is 0.451 e. The normalized spacial score (nSPS) is 12.7. The molecule has 0 aliphatic rings. The molecular formula is C14H13F3N6O2S. The number of rotatable bonds is 4. The zero-order valence-corrected chi connectivity index (χ0v) is 14.4. The average molecular weight is 386 g/mol. The molecule has 0 radical (unpaired) electrons. The molecule has 0 spiro atoms. The lowest BCUT2D eigenvalue weighted by atomic mass is 10.3. The molecular weight excluding hydrogens is 373 g/mol. The molecule has 0 amide bonds. The Bertz CT molecular complexity index is 1040. The average Bonchev–Trinajstić information content (AvgIpc) is 3.03. The molecule has 1 aromatic carbocycles. The van der Waals surface area contributed by atoms with Crippen LogP contribution in [-0.2, 0) is 16.2 Å². The van der Waals surface area contributed by atoms with Crippen molar-refractivity contribution in [2.45, 2.75) is 11.1 Å². The van der Waals surface area contributed by atoms with E-state index in [1.807, 2.05) is 0 Å². The van der Waals surface area contributed by atoms with Crippen LogP contribution in [0, 0.1) is 0 Å². The number of nitrogens with zero attached hydrogens (tertiary/aromatic N) is 4. The molecule has 0 fully saturated rings. The fourth-order valence-electron chi connectivity index (χ4n) is 2.11. The molecule has 12 heteroatoms. The number of H-pyrrole nitrogens is 1. The summed E-state index contributed by atoms with van der Waals surface area (Å²) in [6, 6.07) is 5.54. The number of hydrogen-bond donors (Lipinski definition) is 2. The summed E-state index contributed by atoms with van der Waals surface area (Å²) in [5.41, 5.74) is 0.290. The van der Waals surface area contributed by atoms with Gasteiger partial charge in [0.05, 0.1) is 16.5 Å². The van der Waals surface area contributed by atoms with Gasteiger partial charge in [0.15, 0.2) is 5.65 Å². The van der Waals surface area contributed by atoms with Crippen molar-refractivity contribution in [2.24, 2.45) is 0 Å². The highest BCUT2D eigenvalue weighted by Crippen LogP contribution is 2.31. The van der Waals surface area contributed by atoms with Crippen molar-refractivity contribution in [2.75, 3.05) is 19.4 Å². The molecule has 2 N–H and O–H groups in total. The lowest BCUT2D eigenvalue weighted by Crippen LogP contribution is -2.22. The van der Waals surface area contributed by atoms with Crippen LogP contribution in [0.5, 0.6) is 0 Å². The quantitative estimate of drug-likeness (QED) is 0.713. The smallest absolute Gasteiger partial charge is 0.340 e. The zero-order valence-electron chi connectivity index (χ0n) is 13.5. The molecule has 0 aliphatic heterocycles. The lowest BCUT2D eigenvalue weighted by molar-refractivity contribution is -0.144. The second-order valence-corrected chi connectivity index (χ2v) is 7.61. The fourth-order valence-corrected chi connectivity index (χ4v) is 3.02.